The summed E-state index contributed by atoms with van der Waals surface area (Å²) in [5.74, 6) is 1.33. The second-order valence-corrected chi connectivity index (χ2v) is 7.38. The number of hydrogen-bond donors (Lipinski definition) is 2. The first-order chi connectivity index (χ1) is 15.2. The average Bonchev–Trinajstić information content (AvgIpc) is 3.25. The van der Waals surface area contributed by atoms with Gasteiger partial charge in [0.25, 0.3) is 5.91 Å². The molecule has 0 bridgehead atoms. The Hall–Kier alpha value is -4.08. The van der Waals surface area contributed by atoms with Crippen LogP contribution in [-0.4, -0.2) is 61.5 Å². The van der Waals surface area contributed by atoms with E-state index >= 15 is 0 Å². The van der Waals surface area contributed by atoms with Crippen LogP contribution in [0.25, 0.3) is 11.2 Å². The first-order valence-electron chi connectivity index (χ1n) is 10.0. The summed E-state index contributed by atoms with van der Waals surface area (Å²) in [6.45, 7) is 4.58. The molecule has 5 rings (SSSR count). The number of carbonyl (C=O) groups is 1. The summed E-state index contributed by atoms with van der Waals surface area (Å²) >= 11 is 0. The van der Waals surface area contributed by atoms with Gasteiger partial charge in [-0.2, -0.15) is 0 Å². The molecular weight excluding hydrogens is 394 g/mol. The maximum absolute atomic E-state index is 12.5. The molecule has 10 heteroatoms. The Bertz CT molecular complexity index is 1160. The Balaban J connectivity index is 1.23. The number of nitrogens with one attached hydrogen (secondary N) is 2. The van der Waals surface area contributed by atoms with Crippen molar-refractivity contribution < 1.29 is 4.79 Å². The van der Waals surface area contributed by atoms with E-state index in [9.17, 15) is 4.79 Å². The van der Waals surface area contributed by atoms with E-state index < -0.39 is 0 Å². The smallest absolute Gasteiger partial charge is 0.272 e. The van der Waals surface area contributed by atoms with E-state index in [1.54, 1.807) is 30.9 Å². The fourth-order valence-corrected chi connectivity index (χ4v) is 3.72. The van der Waals surface area contributed by atoms with Crippen LogP contribution in [0.15, 0.2) is 55.2 Å². The molecule has 0 radical (unpaired) electrons. The molecule has 0 unspecified atom stereocenters. The molecule has 31 heavy (non-hydrogen) atoms. The zero-order chi connectivity index (χ0) is 21.2. The van der Waals surface area contributed by atoms with E-state index in [-0.39, 0.29) is 11.9 Å². The number of H-pyrrole nitrogens is 1. The lowest BCUT2D eigenvalue weighted by atomic mass is 10.2. The van der Waals surface area contributed by atoms with Gasteiger partial charge in [-0.25, -0.2) is 19.9 Å². The molecule has 2 N–H and O–H groups in total. The number of piperazine rings is 1. The molecule has 1 aliphatic rings. The summed E-state index contributed by atoms with van der Waals surface area (Å²) in [4.78, 5) is 41.6. The molecule has 1 amide bonds. The normalized spacial score (nSPS) is 16.5. The zero-order valence-electron chi connectivity index (χ0n) is 16.9. The SMILES string of the molecule is C[C@H]1CN(c2ncc(NC(=O)c3cc4nccnc4[nH]3)cn2)CCN1c1ccccn1. The van der Waals surface area contributed by atoms with Crippen molar-refractivity contribution in [2.24, 2.45) is 0 Å². The maximum Gasteiger partial charge on any atom is 0.272 e. The monoisotopic (exact) mass is 415 g/mol. The molecule has 4 aromatic heterocycles. The van der Waals surface area contributed by atoms with Gasteiger partial charge in [0, 0.05) is 44.3 Å². The Morgan fingerprint density at radius 3 is 2.65 bits per heavy atom. The van der Waals surface area contributed by atoms with E-state index in [0.717, 1.165) is 25.5 Å². The molecule has 1 fully saturated rings. The minimum atomic E-state index is -0.297. The summed E-state index contributed by atoms with van der Waals surface area (Å²) in [6, 6.07) is 7.88. The van der Waals surface area contributed by atoms with E-state index in [2.05, 4.69) is 51.9 Å². The fourth-order valence-electron chi connectivity index (χ4n) is 3.72. The zero-order valence-corrected chi connectivity index (χ0v) is 16.9. The van der Waals surface area contributed by atoms with Crippen LogP contribution in [0.3, 0.4) is 0 Å². The molecule has 1 saturated heterocycles. The van der Waals surface area contributed by atoms with Crippen molar-refractivity contribution in [1.29, 1.82) is 0 Å². The molecule has 10 nitrogen and oxygen atoms in total. The number of nitrogens with zero attached hydrogens (tertiary/aromatic N) is 7. The molecule has 1 aliphatic heterocycles. The van der Waals surface area contributed by atoms with Gasteiger partial charge < -0.3 is 20.1 Å². The molecular formula is C21H21N9O. The number of anilines is 3. The van der Waals surface area contributed by atoms with Crippen LogP contribution in [0.5, 0.6) is 0 Å². The van der Waals surface area contributed by atoms with Crippen molar-refractivity contribution in [2.45, 2.75) is 13.0 Å². The number of carbonyl (C=O) groups excluding carboxylic acids is 1. The van der Waals surface area contributed by atoms with Crippen LogP contribution in [0.4, 0.5) is 17.5 Å². The summed E-state index contributed by atoms with van der Waals surface area (Å²) in [5, 5.41) is 2.80. The third-order valence-corrected chi connectivity index (χ3v) is 5.26. The number of aromatic nitrogens is 6. The van der Waals surface area contributed by atoms with E-state index in [1.807, 2.05) is 24.4 Å². The number of pyridine rings is 1. The first kappa shape index (κ1) is 18.9. The highest BCUT2D eigenvalue weighted by atomic mass is 16.1. The van der Waals surface area contributed by atoms with Gasteiger partial charge in [0.2, 0.25) is 5.95 Å². The first-order valence-corrected chi connectivity index (χ1v) is 10.0. The lowest BCUT2D eigenvalue weighted by molar-refractivity contribution is 0.102. The summed E-state index contributed by atoms with van der Waals surface area (Å²) in [5.41, 5.74) is 2.11. The second-order valence-electron chi connectivity index (χ2n) is 7.38. The summed E-state index contributed by atoms with van der Waals surface area (Å²) in [6.07, 6.45) is 8.21. The van der Waals surface area contributed by atoms with Gasteiger partial charge >= 0.3 is 0 Å². The van der Waals surface area contributed by atoms with Crippen molar-refractivity contribution in [3.63, 3.8) is 0 Å². The molecule has 1 atom stereocenters. The lowest BCUT2D eigenvalue weighted by Gasteiger charge is -2.40. The van der Waals surface area contributed by atoms with Crippen molar-refractivity contribution in [3.05, 3.63) is 60.9 Å². The molecule has 4 aromatic rings. The topological polar surface area (TPSA) is 116 Å². The van der Waals surface area contributed by atoms with Gasteiger partial charge in [0.15, 0.2) is 5.65 Å². The van der Waals surface area contributed by atoms with Crippen LogP contribution < -0.4 is 15.1 Å². The molecule has 0 saturated carbocycles. The van der Waals surface area contributed by atoms with Gasteiger partial charge in [-0.15, -0.1) is 0 Å². The Kier molecular flexibility index (Phi) is 4.87. The second kappa shape index (κ2) is 7.98. The molecule has 156 valence electrons. The summed E-state index contributed by atoms with van der Waals surface area (Å²) < 4.78 is 0. The summed E-state index contributed by atoms with van der Waals surface area (Å²) in [7, 11) is 0. The predicted molar refractivity (Wildman–Crippen MR) is 117 cm³/mol. The van der Waals surface area contributed by atoms with Gasteiger partial charge in [-0.1, -0.05) is 6.07 Å². The highest BCUT2D eigenvalue weighted by Gasteiger charge is 2.26. The molecule has 0 spiro atoms. The largest absolute Gasteiger partial charge is 0.350 e. The molecule has 0 aliphatic carbocycles. The van der Waals surface area contributed by atoms with Crippen LogP contribution >= 0.6 is 0 Å². The third kappa shape index (κ3) is 3.87. The van der Waals surface area contributed by atoms with E-state index in [0.29, 0.717) is 28.5 Å². The van der Waals surface area contributed by atoms with Crippen molar-refractivity contribution in [3.8, 4) is 0 Å². The van der Waals surface area contributed by atoms with Gasteiger partial charge in [-0.3, -0.25) is 9.78 Å². The highest BCUT2D eigenvalue weighted by molar-refractivity contribution is 6.05. The number of aromatic amines is 1. The third-order valence-electron chi connectivity index (χ3n) is 5.26. The number of rotatable bonds is 4. The van der Waals surface area contributed by atoms with E-state index in [4.69, 9.17) is 0 Å². The lowest BCUT2D eigenvalue weighted by Crippen LogP contribution is -2.52. The quantitative estimate of drug-likeness (QED) is 0.521. The Labute approximate surface area is 178 Å². The van der Waals surface area contributed by atoms with Crippen molar-refractivity contribution in [2.75, 3.05) is 34.8 Å². The van der Waals surface area contributed by atoms with Gasteiger partial charge in [0.05, 0.1) is 18.1 Å². The van der Waals surface area contributed by atoms with Crippen LogP contribution in [0.2, 0.25) is 0 Å². The number of hydrogen-bond acceptors (Lipinski definition) is 8. The van der Waals surface area contributed by atoms with Crippen molar-refractivity contribution in [1.82, 2.24) is 29.9 Å². The molecule has 5 heterocycles. The Morgan fingerprint density at radius 1 is 1.06 bits per heavy atom. The fraction of sp³-hybridized carbons (Fsp3) is 0.238. The number of fused-ring (bicyclic) bond motifs is 1. The Morgan fingerprint density at radius 2 is 1.90 bits per heavy atom. The number of amides is 1. The van der Waals surface area contributed by atoms with Gasteiger partial charge in [0.1, 0.15) is 17.0 Å². The van der Waals surface area contributed by atoms with Crippen molar-refractivity contribution >= 4 is 34.5 Å². The van der Waals surface area contributed by atoms with Crippen LogP contribution in [-0.2, 0) is 0 Å². The molecule has 0 aromatic carbocycles. The van der Waals surface area contributed by atoms with Gasteiger partial charge in [-0.05, 0) is 25.1 Å². The predicted octanol–water partition coefficient (Wildman–Crippen LogP) is 2.11. The van der Waals surface area contributed by atoms with Crippen LogP contribution in [0, 0.1) is 0 Å². The minimum absolute atomic E-state index is 0.274. The van der Waals surface area contributed by atoms with Crippen LogP contribution in [0.1, 0.15) is 17.4 Å². The minimum Gasteiger partial charge on any atom is -0.350 e. The standard InChI is InChI=1S/C21H21N9O/c1-14-13-29(8-9-30(14)18-4-2-3-5-23-18)21-25-11-15(12-26-21)27-20(31)17-10-16-19(28-17)24-7-6-22-16/h2-7,10-12,14H,8-9,13H2,1H3,(H,24,28)(H,27,31)/t14-/m0/s1. The van der Waals surface area contributed by atoms with E-state index in [1.165, 1.54) is 0 Å². The highest BCUT2D eigenvalue weighted by Crippen LogP contribution is 2.21. The maximum atomic E-state index is 12.5. The average molecular weight is 415 g/mol.